The van der Waals surface area contributed by atoms with Crippen LogP contribution in [0, 0.1) is 16.0 Å². The summed E-state index contributed by atoms with van der Waals surface area (Å²) in [6.45, 7) is 2.75. The number of nitro groups is 1. The lowest BCUT2D eigenvalue weighted by atomic mass is 9.97. The van der Waals surface area contributed by atoms with Crippen molar-refractivity contribution in [2.24, 2.45) is 5.92 Å². The van der Waals surface area contributed by atoms with Gasteiger partial charge >= 0.3 is 0 Å². The molecule has 0 fully saturated rings. The number of rotatable bonds is 3. The van der Waals surface area contributed by atoms with Gasteiger partial charge in [0.1, 0.15) is 0 Å². The van der Waals surface area contributed by atoms with Gasteiger partial charge in [-0.1, -0.05) is 26.0 Å². The Morgan fingerprint density at radius 2 is 2.00 bits per heavy atom. The highest BCUT2D eigenvalue weighted by Crippen LogP contribution is 2.36. The summed E-state index contributed by atoms with van der Waals surface area (Å²) in [6, 6.07) is 4.58. The molecular formula is C10H11F2NO2. The van der Waals surface area contributed by atoms with Crippen LogP contribution >= 0.6 is 0 Å². The second-order valence-electron chi connectivity index (χ2n) is 3.59. The van der Waals surface area contributed by atoms with Crippen molar-refractivity contribution in [2.75, 3.05) is 0 Å². The summed E-state index contributed by atoms with van der Waals surface area (Å²) in [5.74, 6) is -3.93. The van der Waals surface area contributed by atoms with Crippen molar-refractivity contribution in [1.29, 1.82) is 0 Å². The molecule has 3 nitrogen and oxygen atoms in total. The van der Waals surface area contributed by atoms with Gasteiger partial charge in [-0.25, -0.2) is 8.78 Å². The van der Waals surface area contributed by atoms with Crippen LogP contribution < -0.4 is 0 Å². The van der Waals surface area contributed by atoms with Gasteiger partial charge < -0.3 is 0 Å². The van der Waals surface area contributed by atoms with Crippen molar-refractivity contribution in [3.05, 3.63) is 39.9 Å². The third-order valence-corrected chi connectivity index (χ3v) is 2.17. The Hall–Kier alpha value is -1.52. The van der Waals surface area contributed by atoms with E-state index < -0.39 is 16.8 Å². The highest BCUT2D eigenvalue weighted by molar-refractivity contribution is 5.36. The van der Waals surface area contributed by atoms with E-state index in [0.29, 0.717) is 0 Å². The summed E-state index contributed by atoms with van der Waals surface area (Å²) >= 11 is 0. The largest absolute Gasteiger partial charge is 0.275 e. The van der Waals surface area contributed by atoms with Gasteiger partial charge in [0.15, 0.2) is 0 Å². The zero-order valence-corrected chi connectivity index (χ0v) is 8.41. The van der Waals surface area contributed by atoms with Gasteiger partial charge in [0.2, 0.25) is 0 Å². The Kier molecular flexibility index (Phi) is 3.02. The summed E-state index contributed by atoms with van der Waals surface area (Å²) in [5.41, 5.74) is -0.625. The van der Waals surface area contributed by atoms with E-state index in [1.165, 1.54) is 32.0 Å². The van der Waals surface area contributed by atoms with E-state index in [9.17, 15) is 18.9 Å². The van der Waals surface area contributed by atoms with Gasteiger partial charge in [-0.05, 0) is 0 Å². The third kappa shape index (κ3) is 2.29. The van der Waals surface area contributed by atoms with Crippen molar-refractivity contribution in [2.45, 2.75) is 19.8 Å². The van der Waals surface area contributed by atoms with Crippen molar-refractivity contribution < 1.29 is 13.7 Å². The molecule has 0 atom stereocenters. The maximum absolute atomic E-state index is 13.5. The Morgan fingerprint density at radius 3 is 2.47 bits per heavy atom. The lowest BCUT2D eigenvalue weighted by molar-refractivity contribution is -0.385. The summed E-state index contributed by atoms with van der Waals surface area (Å²) < 4.78 is 27.0. The first kappa shape index (κ1) is 11.6. The zero-order valence-electron chi connectivity index (χ0n) is 8.41. The third-order valence-electron chi connectivity index (χ3n) is 2.17. The number of nitro benzene ring substituents is 1. The van der Waals surface area contributed by atoms with Crippen LogP contribution in [0.5, 0.6) is 0 Å². The van der Waals surface area contributed by atoms with Crippen LogP contribution in [0.15, 0.2) is 24.3 Å². The highest BCUT2D eigenvalue weighted by atomic mass is 19.3. The minimum Gasteiger partial charge on any atom is -0.258 e. The first-order chi connectivity index (χ1) is 6.85. The number of benzene rings is 1. The molecule has 1 aromatic rings. The Bertz CT molecular complexity index is 377. The van der Waals surface area contributed by atoms with E-state index in [0.717, 1.165) is 6.07 Å². The molecule has 0 aliphatic heterocycles. The van der Waals surface area contributed by atoms with Crippen molar-refractivity contribution >= 4 is 5.69 Å². The number of alkyl halides is 2. The number of non-ortho nitro benzene ring substituents is 1. The molecule has 0 amide bonds. The van der Waals surface area contributed by atoms with Crippen molar-refractivity contribution in [3.63, 3.8) is 0 Å². The molecule has 0 radical (unpaired) electrons. The van der Waals surface area contributed by atoms with Crippen LogP contribution in [-0.2, 0) is 5.92 Å². The standard InChI is InChI=1S/C10H11F2NO2/c1-7(2)10(11,12)8-4-3-5-9(6-8)13(14)15/h3-7H,1-2H3. The van der Waals surface area contributed by atoms with Crippen LogP contribution in [0.25, 0.3) is 0 Å². The molecule has 0 aromatic heterocycles. The lowest BCUT2D eigenvalue weighted by Crippen LogP contribution is -2.20. The molecule has 0 aliphatic rings. The molecular weight excluding hydrogens is 204 g/mol. The molecule has 0 unspecified atom stereocenters. The average Bonchev–Trinajstić information content (AvgIpc) is 2.17. The minimum atomic E-state index is -3.04. The van der Waals surface area contributed by atoms with E-state index in [4.69, 9.17) is 0 Å². The van der Waals surface area contributed by atoms with E-state index in [2.05, 4.69) is 0 Å². The van der Waals surface area contributed by atoms with E-state index in [1.807, 2.05) is 0 Å². The van der Waals surface area contributed by atoms with Gasteiger partial charge in [0, 0.05) is 23.6 Å². The summed E-state index contributed by atoms with van der Waals surface area (Å²) in [4.78, 5) is 9.73. The fourth-order valence-corrected chi connectivity index (χ4v) is 1.16. The second kappa shape index (κ2) is 3.92. The predicted molar refractivity (Wildman–Crippen MR) is 51.8 cm³/mol. The van der Waals surface area contributed by atoms with Crippen LogP contribution in [-0.4, -0.2) is 4.92 Å². The maximum atomic E-state index is 13.5. The molecule has 15 heavy (non-hydrogen) atoms. The molecule has 82 valence electrons. The molecule has 0 spiro atoms. The smallest absolute Gasteiger partial charge is 0.258 e. The first-order valence-electron chi connectivity index (χ1n) is 4.48. The Morgan fingerprint density at radius 1 is 1.40 bits per heavy atom. The predicted octanol–water partition coefficient (Wildman–Crippen LogP) is 3.34. The molecule has 1 aromatic carbocycles. The first-order valence-corrected chi connectivity index (χ1v) is 4.48. The molecule has 0 saturated heterocycles. The van der Waals surface area contributed by atoms with E-state index >= 15 is 0 Å². The zero-order chi connectivity index (χ0) is 11.6. The SMILES string of the molecule is CC(C)C(F)(F)c1cccc([N+](=O)[O-])c1. The summed E-state index contributed by atoms with van der Waals surface area (Å²) in [5, 5.41) is 10.4. The van der Waals surface area contributed by atoms with Gasteiger partial charge in [-0.3, -0.25) is 10.1 Å². The minimum absolute atomic E-state index is 0.312. The fourth-order valence-electron chi connectivity index (χ4n) is 1.16. The fraction of sp³-hybridized carbons (Fsp3) is 0.400. The molecule has 0 saturated carbocycles. The molecule has 1 rings (SSSR count). The number of nitrogens with zero attached hydrogens (tertiary/aromatic N) is 1. The molecule has 0 heterocycles. The number of hydrogen-bond donors (Lipinski definition) is 0. The van der Waals surface area contributed by atoms with E-state index in [1.54, 1.807) is 0 Å². The monoisotopic (exact) mass is 215 g/mol. The van der Waals surface area contributed by atoms with Crippen LogP contribution in [0.3, 0.4) is 0 Å². The number of hydrogen-bond acceptors (Lipinski definition) is 2. The lowest BCUT2D eigenvalue weighted by Gasteiger charge is -2.20. The maximum Gasteiger partial charge on any atom is 0.275 e. The Balaban J connectivity index is 3.16. The summed E-state index contributed by atoms with van der Waals surface area (Å²) in [6.07, 6.45) is 0. The van der Waals surface area contributed by atoms with Crippen LogP contribution in [0.2, 0.25) is 0 Å². The summed E-state index contributed by atoms with van der Waals surface area (Å²) in [7, 11) is 0. The molecule has 0 aliphatic carbocycles. The van der Waals surface area contributed by atoms with Gasteiger partial charge in [0.25, 0.3) is 11.6 Å². The van der Waals surface area contributed by atoms with Crippen LogP contribution in [0.1, 0.15) is 19.4 Å². The second-order valence-corrected chi connectivity index (χ2v) is 3.59. The average molecular weight is 215 g/mol. The van der Waals surface area contributed by atoms with Crippen molar-refractivity contribution in [3.8, 4) is 0 Å². The molecule has 5 heteroatoms. The van der Waals surface area contributed by atoms with Gasteiger partial charge in [0.05, 0.1) is 4.92 Å². The van der Waals surface area contributed by atoms with Gasteiger partial charge in [-0.15, -0.1) is 0 Å². The van der Waals surface area contributed by atoms with Gasteiger partial charge in [-0.2, -0.15) is 0 Å². The highest BCUT2D eigenvalue weighted by Gasteiger charge is 2.36. The topological polar surface area (TPSA) is 43.1 Å². The van der Waals surface area contributed by atoms with Crippen molar-refractivity contribution in [1.82, 2.24) is 0 Å². The molecule has 0 bridgehead atoms. The number of halogens is 2. The van der Waals surface area contributed by atoms with Crippen LogP contribution in [0.4, 0.5) is 14.5 Å². The Labute approximate surface area is 85.9 Å². The molecule has 0 N–H and O–H groups in total. The quantitative estimate of drug-likeness (QED) is 0.573. The normalized spacial score (nSPS) is 11.8. The van der Waals surface area contributed by atoms with E-state index in [-0.39, 0.29) is 11.3 Å².